The van der Waals surface area contributed by atoms with Crippen LogP contribution in [0.1, 0.15) is 21.6 Å². The summed E-state index contributed by atoms with van der Waals surface area (Å²) in [4.78, 5) is 21.2. The minimum atomic E-state index is -0.214. The molecule has 0 fully saturated rings. The average molecular weight is 450 g/mol. The van der Waals surface area contributed by atoms with Crippen LogP contribution in [-0.4, -0.2) is 32.0 Å². The summed E-state index contributed by atoms with van der Waals surface area (Å²) in [7, 11) is 0. The van der Waals surface area contributed by atoms with Crippen LogP contribution in [0.3, 0.4) is 0 Å². The van der Waals surface area contributed by atoms with Gasteiger partial charge in [0.25, 0.3) is 5.91 Å². The van der Waals surface area contributed by atoms with E-state index >= 15 is 0 Å². The minimum absolute atomic E-state index is 0.214. The van der Waals surface area contributed by atoms with Gasteiger partial charge in [-0.05, 0) is 53.4 Å². The molecule has 7 nitrogen and oxygen atoms in total. The van der Waals surface area contributed by atoms with Crippen LogP contribution in [0, 0.1) is 0 Å². The number of hydrogen-bond acceptors (Lipinski definition) is 5. The largest absolute Gasteiger partial charge is 0.489 e. The number of carbonyl (C=O) groups is 1. The first-order valence-electron chi connectivity index (χ1n) is 11.0. The summed E-state index contributed by atoms with van der Waals surface area (Å²) < 4.78 is 7.55. The molecule has 5 aromatic rings. The Morgan fingerprint density at radius 2 is 1.71 bits per heavy atom. The van der Waals surface area contributed by atoms with E-state index in [0.717, 1.165) is 34.4 Å². The predicted octanol–water partition coefficient (Wildman–Crippen LogP) is 4.34. The Morgan fingerprint density at radius 3 is 2.50 bits per heavy atom. The van der Waals surface area contributed by atoms with Gasteiger partial charge in [0.15, 0.2) is 5.65 Å². The first kappa shape index (κ1) is 21.3. The third kappa shape index (κ3) is 4.94. The number of fused-ring (bicyclic) bond motifs is 1. The fraction of sp³-hybridized carbons (Fsp3) is 0.111. The highest BCUT2D eigenvalue weighted by Crippen LogP contribution is 2.26. The first-order valence-corrected chi connectivity index (χ1v) is 11.0. The van der Waals surface area contributed by atoms with Gasteiger partial charge in [-0.15, -0.1) is 0 Å². The summed E-state index contributed by atoms with van der Waals surface area (Å²) in [5, 5.41) is 7.31. The Labute approximate surface area is 197 Å². The second kappa shape index (κ2) is 9.95. The number of amides is 1. The second-order valence-electron chi connectivity index (χ2n) is 7.80. The van der Waals surface area contributed by atoms with E-state index in [1.807, 2.05) is 66.7 Å². The Hall–Kier alpha value is -4.52. The molecule has 0 radical (unpaired) electrons. The van der Waals surface area contributed by atoms with Gasteiger partial charge in [-0.2, -0.15) is 5.10 Å². The Morgan fingerprint density at radius 1 is 0.912 bits per heavy atom. The van der Waals surface area contributed by atoms with Crippen molar-refractivity contribution in [2.24, 2.45) is 0 Å². The van der Waals surface area contributed by atoms with Crippen LogP contribution >= 0.6 is 0 Å². The van der Waals surface area contributed by atoms with E-state index in [-0.39, 0.29) is 5.91 Å². The summed E-state index contributed by atoms with van der Waals surface area (Å²) in [5.41, 5.74) is 5.01. The number of nitrogens with one attached hydrogen (secondary N) is 1. The maximum absolute atomic E-state index is 12.6. The molecule has 3 aromatic heterocycles. The lowest BCUT2D eigenvalue weighted by Gasteiger charge is -2.08. The predicted molar refractivity (Wildman–Crippen MR) is 129 cm³/mol. The topological polar surface area (TPSA) is 81.4 Å². The molecule has 0 saturated heterocycles. The molecule has 0 bridgehead atoms. The number of aromatic nitrogens is 4. The van der Waals surface area contributed by atoms with E-state index in [4.69, 9.17) is 4.74 Å². The van der Waals surface area contributed by atoms with Gasteiger partial charge >= 0.3 is 0 Å². The van der Waals surface area contributed by atoms with Crippen LogP contribution in [0.2, 0.25) is 0 Å². The molecule has 0 atom stereocenters. The standard InChI is InChI=1S/C27H23N5O2/c33-27(29-16-12-20-10-14-28-15-11-20)25-13-17-32-26(31-25)24(18-30-32)22-6-8-23(9-7-22)34-19-21-4-2-1-3-5-21/h1-11,13-15,17-18H,12,16,19H2,(H,29,33). The van der Waals surface area contributed by atoms with Crippen LogP contribution in [0.15, 0.2) is 97.6 Å². The van der Waals surface area contributed by atoms with Crippen molar-refractivity contribution in [3.63, 3.8) is 0 Å². The number of ether oxygens (including phenoxy) is 1. The molecule has 168 valence electrons. The Bertz CT molecular complexity index is 1380. The molecular weight excluding hydrogens is 426 g/mol. The minimum Gasteiger partial charge on any atom is -0.489 e. The molecule has 3 heterocycles. The van der Waals surface area contributed by atoms with Crippen molar-refractivity contribution < 1.29 is 9.53 Å². The summed E-state index contributed by atoms with van der Waals surface area (Å²) in [6, 6.07) is 23.4. The second-order valence-corrected chi connectivity index (χ2v) is 7.80. The van der Waals surface area contributed by atoms with Gasteiger partial charge in [-0.1, -0.05) is 42.5 Å². The van der Waals surface area contributed by atoms with Gasteiger partial charge in [0.05, 0.1) is 6.20 Å². The normalized spacial score (nSPS) is 10.8. The van der Waals surface area contributed by atoms with Gasteiger partial charge in [0.1, 0.15) is 18.1 Å². The maximum Gasteiger partial charge on any atom is 0.270 e. The average Bonchev–Trinajstić information content (AvgIpc) is 3.32. The van der Waals surface area contributed by atoms with E-state index in [2.05, 4.69) is 20.4 Å². The molecule has 0 unspecified atom stereocenters. The highest BCUT2D eigenvalue weighted by atomic mass is 16.5. The number of pyridine rings is 1. The maximum atomic E-state index is 12.6. The molecule has 5 rings (SSSR count). The van der Waals surface area contributed by atoms with E-state index in [9.17, 15) is 4.79 Å². The summed E-state index contributed by atoms with van der Waals surface area (Å²) >= 11 is 0. The van der Waals surface area contributed by atoms with E-state index in [1.165, 1.54) is 0 Å². The highest BCUT2D eigenvalue weighted by molar-refractivity contribution is 5.93. The zero-order valence-corrected chi connectivity index (χ0v) is 18.5. The lowest BCUT2D eigenvalue weighted by atomic mass is 10.1. The van der Waals surface area contributed by atoms with Gasteiger partial charge in [-0.3, -0.25) is 9.78 Å². The Kier molecular flexibility index (Phi) is 6.25. The van der Waals surface area contributed by atoms with Gasteiger partial charge in [0.2, 0.25) is 0 Å². The lowest BCUT2D eigenvalue weighted by molar-refractivity contribution is 0.0949. The van der Waals surface area contributed by atoms with Crippen molar-refractivity contribution in [2.45, 2.75) is 13.0 Å². The van der Waals surface area contributed by atoms with Crippen molar-refractivity contribution in [2.75, 3.05) is 6.54 Å². The molecule has 0 aliphatic heterocycles. The van der Waals surface area contributed by atoms with Crippen LogP contribution in [0.25, 0.3) is 16.8 Å². The first-order chi connectivity index (χ1) is 16.8. The molecule has 7 heteroatoms. The smallest absolute Gasteiger partial charge is 0.270 e. The monoisotopic (exact) mass is 449 g/mol. The van der Waals surface area contributed by atoms with E-state index < -0.39 is 0 Å². The van der Waals surface area contributed by atoms with Crippen molar-refractivity contribution in [3.05, 3.63) is 114 Å². The third-order valence-electron chi connectivity index (χ3n) is 5.46. The molecule has 1 amide bonds. The molecule has 0 saturated carbocycles. The number of hydrogen-bond donors (Lipinski definition) is 1. The fourth-order valence-corrected chi connectivity index (χ4v) is 3.63. The molecule has 2 aromatic carbocycles. The summed E-state index contributed by atoms with van der Waals surface area (Å²) in [6.45, 7) is 1.03. The van der Waals surface area contributed by atoms with E-state index in [1.54, 1.807) is 35.4 Å². The van der Waals surface area contributed by atoms with Gasteiger partial charge in [-0.25, -0.2) is 9.50 Å². The van der Waals surface area contributed by atoms with Crippen LogP contribution in [0.5, 0.6) is 5.75 Å². The summed E-state index contributed by atoms with van der Waals surface area (Å²) in [5.74, 6) is 0.569. The lowest BCUT2D eigenvalue weighted by Crippen LogP contribution is -2.26. The molecule has 0 spiro atoms. The molecule has 0 aliphatic rings. The quantitative estimate of drug-likeness (QED) is 0.381. The van der Waals surface area contributed by atoms with Crippen molar-refractivity contribution in [3.8, 4) is 16.9 Å². The molecular formula is C27H23N5O2. The Balaban J connectivity index is 1.27. The zero-order valence-electron chi connectivity index (χ0n) is 18.5. The van der Waals surface area contributed by atoms with Gasteiger partial charge < -0.3 is 10.1 Å². The van der Waals surface area contributed by atoms with Crippen molar-refractivity contribution >= 4 is 11.6 Å². The van der Waals surface area contributed by atoms with Crippen LogP contribution in [0.4, 0.5) is 0 Å². The molecule has 1 N–H and O–H groups in total. The van der Waals surface area contributed by atoms with Crippen molar-refractivity contribution in [1.82, 2.24) is 24.9 Å². The van der Waals surface area contributed by atoms with Crippen molar-refractivity contribution in [1.29, 1.82) is 0 Å². The number of rotatable bonds is 8. The number of benzene rings is 2. The highest BCUT2D eigenvalue weighted by Gasteiger charge is 2.13. The van der Waals surface area contributed by atoms with Gasteiger partial charge in [0, 0.05) is 30.7 Å². The van der Waals surface area contributed by atoms with E-state index in [0.29, 0.717) is 24.5 Å². The summed E-state index contributed by atoms with van der Waals surface area (Å²) in [6.07, 6.45) is 7.73. The van der Waals surface area contributed by atoms with Crippen LogP contribution in [-0.2, 0) is 13.0 Å². The number of carbonyl (C=O) groups excluding carboxylic acids is 1. The fourth-order valence-electron chi connectivity index (χ4n) is 3.63. The molecule has 0 aliphatic carbocycles. The SMILES string of the molecule is O=C(NCCc1ccncc1)c1ccn2ncc(-c3ccc(OCc4ccccc4)cc3)c2n1. The number of nitrogens with zero attached hydrogens (tertiary/aromatic N) is 4. The molecule has 34 heavy (non-hydrogen) atoms. The van der Waals surface area contributed by atoms with Crippen LogP contribution < -0.4 is 10.1 Å². The third-order valence-corrected chi connectivity index (χ3v) is 5.46. The zero-order chi connectivity index (χ0) is 23.2.